The highest BCUT2D eigenvalue weighted by molar-refractivity contribution is 9.10. The first-order chi connectivity index (χ1) is 10.1. The predicted molar refractivity (Wildman–Crippen MR) is 85.3 cm³/mol. The number of benzene rings is 1. The van der Waals surface area contributed by atoms with Crippen LogP contribution in [-0.4, -0.2) is 50.3 Å². The molecule has 1 saturated heterocycles. The van der Waals surface area contributed by atoms with Crippen LogP contribution in [-0.2, 0) is 20.9 Å². The Kier molecular flexibility index (Phi) is 6.02. The van der Waals surface area contributed by atoms with Gasteiger partial charge in [0.15, 0.2) is 0 Å². The molecule has 2 rings (SSSR count). The van der Waals surface area contributed by atoms with Gasteiger partial charge in [0.05, 0.1) is 19.8 Å². The highest BCUT2D eigenvalue weighted by Crippen LogP contribution is 2.26. The molecule has 1 amide bonds. The number of hydrogen-bond donors (Lipinski definition) is 1. The Labute approximate surface area is 133 Å². The van der Waals surface area contributed by atoms with Crippen molar-refractivity contribution in [3.63, 3.8) is 0 Å². The minimum Gasteiger partial charge on any atom is -0.380 e. The van der Waals surface area contributed by atoms with Gasteiger partial charge in [-0.05, 0) is 19.1 Å². The van der Waals surface area contributed by atoms with Crippen molar-refractivity contribution < 1.29 is 14.3 Å². The Balaban J connectivity index is 2.06. The molecule has 0 aromatic heterocycles. The van der Waals surface area contributed by atoms with Gasteiger partial charge in [-0.15, -0.1) is 0 Å². The first-order valence-electron chi connectivity index (χ1n) is 7.03. The van der Waals surface area contributed by atoms with Crippen LogP contribution in [0.25, 0.3) is 0 Å². The zero-order valence-corrected chi connectivity index (χ0v) is 14.0. The van der Waals surface area contributed by atoms with E-state index in [1.807, 2.05) is 30.0 Å². The lowest BCUT2D eigenvalue weighted by atomic mass is 10.1. The van der Waals surface area contributed by atoms with Crippen LogP contribution in [0.2, 0.25) is 0 Å². The topological polar surface area (TPSA) is 50.8 Å². The van der Waals surface area contributed by atoms with E-state index >= 15 is 0 Å². The van der Waals surface area contributed by atoms with Crippen molar-refractivity contribution >= 4 is 27.5 Å². The summed E-state index contributed by atoms with van der Waals surface area (Å²) < 4.78 is 11.5. The molecule has 1 aliphatic rings. The lowest BCUT2D eigenvalue weighted by molar-refractivity contribution is -0.135. The predicted octanol–water partition coefficient (Wildman–Crippen LogP) is 2.25. The maximum atomic E-state index is 12.4. The molecule has 0 radical (unpaired) electrons. The molecule has 1 unspecified atom stereocenters. The normalized spacial score (nSPS) is 16.6. The van der Waals surface area contributed by atoms with Gasteiger partial charge in [0.25, 0.3) is 0 Å². The molecule has 1 N–H and O–H groups in total. The molecule has 0 spiro atoms. The summed E-state index contributed by atoms with van der Waals surface area (Å²) in [6, 6.07) is 5.58. The molecule has 116 valence electrons. The van der Waals surface area contributed by atoms with E-state index in [9.17, 15) is 4.79 Å². The molecule has 0 bridgehead atoms. The van der Waals surface area contributed by atoms with E-state index in [1.165, 1.54) is 0 Å². The maximum Gasteiger partial charge on any atom is 0.244 e. The SMILES string of the molecule is COCc1c(Br)cccc1NC(C)C(=O)N1CCOCC1. The highest BCUT2D eigenvalue weighted by atomic mass is 79.9. The number of methoxy groups -OCH3 is 1. The standard InChI is InChI=1S/C15H21BrN2O3/c1-11(15(19)18-6-8-21-9-7-18)17-14-5-3-4-13(16)12(14)10-20-2/h3-5,11,17H,6-10H2,1-2H3. The van der Waals surface area contributed by atoms with Crippen molar-refractivity contribution in [3.05, 3.63) is 28.2 Å². The van der Waals surface area contributed by atoms with Crippen LogP contribution >= 0.6 is 15.9 Å². The molecule has 1 fully saturated rings. The average Bonchev–Trinajstić information content (AvgIpc) is 2.51. The molecular formula is C15H21BrN2O3. The minimum absolute atomic E-state index is 0.0987. The molecule has 0 aliphatic carbocycles. The molecule has 21 heavy (non-hydrogen) atoms. The molecule has 1 aromatic rings. The Bertz CT molecular complexity index is 490. The minimum atomic E-state index is -0.284. The molecule has 0 saturated carbocycles. The van der Waals surface area contributed by atoms with Gasteiger partial charge >= 0.3 is 0 Å². The number of hydrogen-bond acceptors (Lipinski definition) is 4. The zero-order chi connectivity index (χ0) is 15.2. The number of ether oxygens (including phenoxy) is 2. The van der Waals surface area contributed by atoms with Crippen LogP contribution in [0, 0.1) is 0 Å². The van der Waals surface area contributed by atoms with E-state index in [4.69, 9.17) is 9.47 Å². The lowest BCUT2D eigenvalue weighted by Gasteiger charge is -2.30. The van der Waals surface area contributed by atoms with Crippen molar-refractivity contribution in [2.45, 2.75) is 19.6 Å². The number of rotatable bonds is 5. The van der Waals surface area contributed by atoms with E-state index in [-0.39, 0.29) is 11.9 Å². The lowest BCUT2D eigenvalue weighted by Crippen LogP contribution is -2.47. The van der Waals surface area contributed by atoms with E-state index in [2.05, 4.69) is 21.2 Å². The van der Waals surface area contributed by atoms with Gasteiger partial charge in [0, 0.05) is 35.9 Å². The second-order valence-electron chi connectivity index (χ2n) is 5.00. The number of halogens is 1. The summed E-state index contributed by atoms with van der Waals surface area (Å²) in [5.41, 5.74) is 1.93. The van der Waals surface area contributed by atoms with Crippen LogP contribution in [0.1, 0.15) is 12.5 Å². The fourth-order valence-corrected chi connectivity index (χ4v) is 2.82. The number of carbonyl (C=O) groups excluding carboxylic acids is 1. The first kappa shape index (κ1) is 16.3. The van der Waals surface area contributed by atoms with Crippen molar-refractivity contribution in [2.24, 2.45) is 0 Å². The van der Waals surface area contributed by atoms with Gasteiger partial charge in [0.1, 0.15) is 6.04 Å². The van der Waals surface area contributed by atoms with E-state index < -0.39 is 0 Å². The number of nitrogens with zero attached hydrogens (tertiary/aromatic N) is 1. The quantitative estimate of drug-likeness (QED) is 0.878. The summed E-state index contributed by atoms with van der Waals surface area (Å²) in [6.45, 7) is 4.93. The van der Waals surface area contributed by atoms with Crippen LogP contribution < -0.4 is 5.32 Å². The third-order valence-electron chi connectivity index (χ3n) is 3.47. The Hall–Kier alpha value is -1.11. The Morgan fingerprint density at radius 1 is 1.48 bits per heavy atom. The highest BCUT2D eigenvalue weighted by Gasteiger charge is 2.23. The Morgan fingerprint density at radius 3 is 2.86 bits per heavy atom. The van der Waals surface area contributed by atoms with E-state index in [0.29, 0.717) is 32.9 Å². The summed E-state index contributed by atoms with van der Waals surface area (Å²) in [4.78, 5) is 14.3. The summed E-state index contributed by atoms with van der Waals surface area (Å²) in [7, 11) is 1.66. The van der Waals surface area contributed by atoms with Crippen LogP contribution in [0.3, 0.4) is 0 Å². The van der Waals surface area contributed by atoms with Crippen LogP contribution in [0.4, 0.5) is 5.69 Å². The second-order valence-corrected chi connectivity index (χ2v) is 5.86. The monoisotopic (exact) mass is 356 g/mol. The third-order valence-corrected chi connectivity index (χ3v) is 4.22. The van der Waals surface area contributed by atoms with Gasteiger partial charge in [-0.25, -0.2) is 0 Å². The van der Waals surface area contributed by atoms with Crippen molar-refractivity contribution in [1.29, 1.82) is 0 Å². The molecule has 1 aromatic carbocycles. The molecule has 5 nitrogen and oxygen atoms in total. The fourth-order valence-electron chi connectivity index (χ4n) is 2.34. The smallest absolute Gasteiger partial charge is 0.244 e. The summed E-state index contributed by atoms with van der Waals surface area (Å²) >= 11 is 3.52. The maximum absolute atomic E-state index is 12.4. The van der Waals surface area contributed by atoms with Crippen molar-refractivity contribution in [2.75, 3.05) is 38.7 Å². The third kappa shape index (κ3) is 4.18. The summed E-state index contributed by atoms with van der Waals surface area (Å²) in [5.74, 6) is 0.0987. The Morgan fingerprint density at radius 2 is 2.19 bits per heavy atom. The number of carbonyl (C=O) groups is 1. The zero-order valence-electron chi connectivity index (χ0n) is 12.4. The number of amides is 1. The van der Waals surface area contributed by atoms with E-state index in [0.717, 1.165) is 15.7 Å². The van der Waals surface area contributed by atoms with Gasteiger partial charge < -0.3 is 19.7 Å². The van der Waals surface area contributed by atoms with Gasteiger partial charge in [-0.3, -0.25) is 4.79 Å². The van der Waals surface area contributed by atoms with Crippen molar-refractivity contribution in [3.8, 4) is 0 Å². The number of nitrogens with one attached hydrogen (secondary N) is 1. The van der Waals surface area contributed by atoms with Gasteiger partial charge in [-0.1, -0.05) is 22.0 Å². The largest absolute Gasteiger partial charge is 0.380 e. The van der Waals surface area contributed by atoms with Crippen LogP contribution in [0.15, 0.2) is 22.7 Å². The summed E-state index contributed by atoms with van der Waals surface area (Å²) in [5, 5.41) is 3.29. The average molecular weight is 357 g/mol. The summed E-state index contributed by atoms with van der Waals surface area (Å²) in [6.07, 6.45) is 0. The van der Waals surface area contributed by atoms with Crippen molar-refractivity contribution in [1.82, 2.24) is 4.90 Å². The second kappa shape index (κ2) is 7.77. The molecular weight excluding hydrogens is 336 g/mol. The fraction of sp³-hybridized carbons (Fsp3) is 0.533. The molecule has 1 heterocycles. The molecule has 1 atom stereocenters. The molecule has 6 heteroatoms. The van der Waals surface area contributed by atoms with Gasteiger partial charge in [-0.2, -0.15) is 0 Å². The molecule has 1 aliphatic heterocycles. The number of morpholine rings is 1. The first-order valence-corrected chi connectivity index (χ1v) is 7.82. The van der Waals surface area contributed by atoms with Gasteiger partial charge in [0.2, 0.25) is 5.91 Å². The van der Waals surface area contributed by atoms with E-state index in [1.54, 1.807) is 7.11 Å². The van der Waals surface area contributed by atoms with Crippen LogP contribution in [0.5, 0.6) is 0 Å². The number of anilines is 1.